The van der Waals surface area contributed by atoms with E-state index >= 15 is 0 Å². The fraction of sp³-hybridized carbons (Fsp3) is 0.484. The van der Waals surface area contributed by atoms with E-state index in [0.717, 1.165) is 6.08 Å². The van der Waals surface area contributed by atoms with Gasteiger partial charge in [-0.15, -0.1) is 6.58 Å². The number of hydrogen-bond donors (Lipinski definition) is 4. The van der Waals surface area contributed by atoms with Gasteiger partial charge in [0, 0.05) is 43.9 Å². The normalized spacial score (nSPS) is 31.6. The Morgan fingerprint density at radius 3 is 2.50 bits per heavy atom. The quantitative estimate of drug-likeness (QED) is 0.271. The third kappa shape index (κ3) is 9.10. The van der Waals surface area contributed by atoms with Crippen LogP contribution in [0.1, 0.15) is 40.5 Å². The summed E-state index contributed by atoms with van der Waals surface area (Å²) >= 11 is 0. The number of aliphatic hydroxyl groups is 1. The summed E-state index contributed by atoms with van der Waals surface area (Å²) in [5.74, 6) is -2.14. The lowest BCUT2D eigenvalue weighted by molar-refractivity contribution is -0.120. The van der Waals surface area contributed by atoms with Crippen LogP contribution in [0.5, 0.6) is 0 Å². The summed E-state index contributed by atoms with van der Waals surface area (Å²) < 4.78 is 16.6. The van der Waals surface area contributed by atoms with Crippen LogP contribution < -0.4 is 16.4 Å². The fourth-order valence-electron chi connectivity index (χ4n) is 4.95. The molecule has 1 aliphatic heterocycles. The number of hydrogen-bond acceptors (Lipinski definition) is 9. The van der Waals surface area contributed by atoms with Crippen molar-refractivity contribution >= 4 is 23.6 Å². The molecule has 5 N–H and O–H groups in total. The first-order valence-electron chi connectivity index (χ1n) is 13.8. The second-order valence-corrected chi connectivity index (χ2v) is 10.6. The van der Waals surface area contributed by atoms with Gasteiger partial charge in [-0.25, -0.2) is 4.79 Å². The minimum absolute atomic E-state index is 0.132. The largest absolute Gasteiger partial charge is 0.439 e. The Bertz CT molecular complexity index is 1210. The molecular formula is C31H43N3O8. The van der Waals surface area contributed by atoms with Crippen molar-refractivity contribution < 1.29 is 38.5 Å². The van der Waals surface area contributed by atoms with E-state index < -0.39 is 53.9 Å². The number of Topliss-reactive ketones (excluding diaryl/α,β-unsaturated/α-hetero) is 1. The Balaban J connectivity index is 2.62. The molecule has 6 atom stereocenters. The number of ether oxygens (including phenoxy) is 3. The van der Waals surface area contributed by atoms with E-state index in [1.54, 1.807) is 45.1 Å². The van der Waals surface area contributed by atoms with Gasteiger partial charge in [-0.3, -0.25) is 14.4 Å². The van der Waals surface area contributed by atoms with Gasteiger partial charge in [-0.05, 0) is 38.2 Å². The summed E-state index contributed by atoms with van der Waals surface area (Å²) in [4.78, 5) is 51.3. The lowest BCUT2D eigenvalue weighted by Gasteiger charge is -2.30. The molecule has 6 unspecified atom stereocenters. The standard InChI is InChI=1S/C31H43N3O8/c1-8-12-33-26-21-13-17(2)14-25(41-7)27(36)19(4)15-20(5)29(42-31(32)39)24(40-6)11-9-10-18(3)30(38)34-22(28(21)37)16-23(26)35/h8-11,15-17,19,24-25,27,29,33,36H,1,12-14H2,2-7H3,(H2,32,39)(H,34,38)/b11-9+,18-10+,20-15+. The number of aliphatic hydroxyl groups excluding tert-OH is 1. The number of nitrogens with two attached hydrogens (primary N) is 1. The fourth-order valence-corrected chi connectivity index (χ4v) is 4.95. The lowest BCUT2D eigenvalue weighted by Crippen LogP contribution is -2.37. The first-order chi connectivity index (χ1) is 19.8. The maximum atomic E-state index is 13.5. The lowest BCUT2D eigenvalue weighted by atomic mass is 9.85. The van der Waals surface area contributed by atoms with Crippen LogP contribution in [-0.2, 0) is 28.6 Å². The zero-order valence-corrected chi connectivity index (χ0v) is 25.1. The maximum Gasteiger partial charge on any atom is 0.405 e. The molecule has 0 fully saturated rings. The second-order valence-electron chi connectivity index (χ2n) is 10.6. The highest BCUT2D eigenvalue weighted by atomic mass is 16.6. The van der Waals surface area contributed by atoms with Gasteiger partial charge < -0.3 is 35.7 Å². The maximum absolute atomic E-state index is 13.5. The molecule has 0 aromatic carbocycles. The van der Waals surface area contributed by atoms with Crippen LogP contribution in [0.4, 0.5) is 4.79 Å². The molecule has 0 aromatic heterocycles. The van der Waals surface area contributed by atoms with Gasteiger partial charge in [-0.1, -0.05) is 44.2 Å². The van der Waals surface area contributed by atoms with E-state index in [1.807, 2.05) is 6.92 Å². The molecule has 0 saturated heterocycles. The molecule has 0 aromatic rings. The Kier molecular flexibility index (Phi) is 13.1. The summed E-state index contributed by atoms with van der Waals surface area (Å²) in [6.45, 7) is 10.9. The van der Waals surface area contributed by atoms with Gasteiger partial charge in [0.2, 0.25) is 11.6 Å². The zero-order valence-electron chi connectivity index (χ0n) is 25.1. The zero-order chi connectivity index (χ0) is 31.6. The molecule has 2 amide bonds. The summed E-state index contributed by atoms with van der Waals surface area (Å²) in [7, 11) is 2.92. The summed E-state index contributed by atoms with van der Waals surface area (Å²) in [5, 5.41) is 16.7. The molecule has 230 valence electrons. The molecule has 1 aliphatic carbocycles. The van der Waals surface area contributed by atoms with Crippen molar-refractivity contribution in [1.29, 1.82) is 0 Å². The molecule has 2 aliphatic rings. The monoisotopic (exact) mass is 585 g/mol. The average molecular weight is 586 g/mol. The Hall–Kier alpha value is -3.80. The number of allylic oxidation sites excluding steroid dienone is 4. The number of amides is 2. The summed E-state index contributed by atoms with van der Waals surface area (Å²) in [6.07, 6.45) is 5.34. The number of ketones is 2. The van der Waals surface area contributed by atoms with Crippen molar-refractivity contribution in [1.82, 2.24) is 10.6 Å². The molecular weight excluding hydrogens is 542 g/mol. The van der Waals surface area contributed by atoms with Crippen LogP contribution >= 0.6 is 0 Å². The Morgan fingerprint density at radius 2 is 1.90 bits per heavy atom. The minimum Gasteiger partial charge on any atom is -0.439 e. The van der Waals surface area contributed by atoms with E-state index in [-0.39, 0.29) is 41.4 Å². The summed E-state index contributed by atoms with van der Waals surface area (Å²) in [5.41, 5.74) is 6.42. The first kappa shape index (κ1) is 34.4. The number of methoxy groups -OCH3 is 2. The Labute approximate surface area is 247 Å². The van der Waals surface area contributed by atoms with Crippen LogP contribution in [0.15, 0.2) is 71.1 Å². The molecule has 0 saturated carbocycles. The van der Waals surface area contributed by atoms with Crippen LogP contribution in [0.2, 0.25) is 0 Å². The number of carbonyl (C=O) groups is 4. The van der Waals surface area contributed by atoms with E-state index in [9.17, 15) is 24.3 Å². The van der Waals surface area contributed by atoms with Crippen molar-refractivity contribution in [3.05, 3.63) is 71.1 Å². The van der Waals surface area contributed by atoms with Crippen LogP contribution in [0, 0.1) is 11.8 Å². The second kappa shape index (κ2) is 16.0. The van der Waals surface area contributed by atoms with Crippen molar-refractivity contribution in [3.63, 3.8) is 0 Å². The van der Waals surface area contributed by atoms with E-state index in [0.29, 0.717) is 12.0 Å². The highest BCUT2D eigenvalue weighted by Crippen LogP contribution is 2.28. The van der Waals surface area contributed by atoms with E-state index in [4.69, 9.17) is 19.9 Å². The smallest absolute Gasteiger partial charge is 0.405 e. The molecule has 11 nitrogen and oxygen atoms in total. The Morgan fingerprint density at radius 1 is 1.21 bits per heavy atom. The van der Waals surface area contributed by atoms with Crippen LogP contribution in [0.25, 0.3) is 0 Å². The van der Waals surface area contributed by atoms with Crippen molar-refractivity contribution in [2.75, 3.05) is 20.8 Å². The first-order valence-corrected chi connectivity index (χ1v) is 13.8. The third-order valence-electron chi connectivity index (χ3n) is 7.22. The van der Waals surface area contributed by atoms with E-state index in [1.165, 1.54) is 20.3 Å². The molecule has 42 heavy (non-hydrogen) atoms. The number of nitrogens with one attached hydrogen (secondary N) is 2. The minimum atomic E-state index is -1.00. The number of primary amides is 1. The number of carbonyl (C=O) groups excluding carboxylic acids is 4. The van der Waals surface area contributed by atoms with Gasteiger partial charge in [0.1, 0.15) is 6.10 Å². The highest BCUT2D eigenvalue weighted by Gasteiger charge is 2.33. The van der Waals surface area contributed by atoms with Gasteiger partial charge >= 0.3 is 6.09 Å². The van der Waals surface area contributed by atoms with Crippen molar-refractivity contribution in [2.45, 2.75) is 65.0 Å². The van der Waals surface area contributed by atoms with Crippen LogP contribution in [-0.4, -0.2) is 73.9 Å². The molecule has 11 heteroatoms. The number of rotatable bonds is 6. The molecule has 1 heterocycles. The van der Waals surface area contributed by atoms with Gasteiger partial charge in [-0.2, -0.15) is 0 Å². The SMILES string of the molecule is C=CCNC1=C2CC(C)CC(OC)C(O)C(C)/C=C(\C)C(OC(N)=O)C(OC)/C=C/C=C(\C)C(=O)NC(=CC1=O)C2=O. The molecule has 0 spiro atoms. The number of fused-ring (bicyclic) bond motifs is 2. The predicted octanol–water partition coefficient (Wildman–Crippen LogP) is 2.54. The van der Waals surface area contributed by atoms with E-state index in [2.05, 4.69) is 17.2 Å². The van der Waals surface area contributed by atoms with Gasteiger partial charge in [0.05, 0.1) is 23.6 Å². The summed E-state index contributed by atoms with van der Waals surface area (Å²) in [6, 6.07) is 0. The van der Waals surface area contributed by atoms with Crippen LogP contribution in [0.3, 0.4) is 0 Å². The third-order valence-corrected chi connectivity index (χ3v) is 7.22. The molecule has 2 bridgehead atoms. The van der Waals surface area contributed by atoms with Gasteiger partial charge in [0.15, 0.2) is 6.10 Å². The highest BCUT2D eigenvalue weighted by molar-refractivity contribution is 6.23. The predicted molar refractivity (Wildman–Crippen MR) is 158 cm³/mol. The topological polar surface area (TPSA) is 166 Å². The van der Waals surface area contributed by atoms with Crippen molar-refractivity contribution in [2.24, 2.45) is 17.6 Å². The van der Waals surface area contributed by atoms with Crippen molar-refractivity contribution in [3.8, 4) is 0 Å². The van der Waals surface area contributed by atoms with Gasteiger partial charge in [0.25, 0.3) is 5.91 Å². The molecule has 0 radical (unpaired) electrons. The average Bonchev–Trinajstić information content (AvgIpc) is 2.94. The molecule has 2 rings (SSSR count).